The molecule has 0 spiro atoms. The predicted molar refractivity (Wildman–Crippen MR) is 67.9 cm³/mol. The molecule has 0 aliphatic carbocycles. The lowest BCUT2D eigenvalue weighted by Gasteiger charge is -2.26. The van der Waals surface area contributed by atoms with E-state index in [2.05, 4.69) is 35.8 Å². The summed E-state index contributed by atoms with van der Waals surface area (Å²) in [5, 5.41) is 6.78. The summed E-state index contributed by atoms with van der Waals surface area (Å²) in [4.78, 5) is 1.40. The maximum Gasteiger partial charge on any atom is 0.0481 e. The molecule has 0 bridgehead atoms. The molecular formula is C12H18N2S. The van der Waals surface area contributed by atoms with Gasteiger partial charge in [-0.15, -0.1) is 11.8 Å². The molecule has 0 radical (unpaired) electrons. The Labute approximate surface area is 95.8 Å². The summed E-state index contributed by atoms with van der Waals surface area (Å²) in [5.74, 6) is 1.15. The average Bonchev–Trinajstić information content (AvgIpc) is 2.29. The SMILES string of the molecule is CCc1ccc2c(c1)SCC(CNC)N2. The third-order valence-corrected chi connectivity index (χ3v) is 3.92. The lowest BCUT2D eigenvalue weighted by atomic mass is 10.1. The van der Waals surface area contributed by atoms with E-state index in [4.69, 9.17) is 0 Å². The number of benzene rings is 1. The highest BCUT2D eigenvalue weighted by Crippen LogP contribution is 2.33. The van der Waals surface area contributed by atoms with Gasteiger partial charge in [0, 0.05) is 28.9 Å². The molecule has 1 heterocycles. The van der Waals surface area contributed by atoms with E-state index in [-0.39, 0.29) is 0 Å². The predicted octanol–water partition coefficient (Wildman–Crippen LogP) is 2.35. The molecule has 2 N–H and O–H groups in total. The van der Waals surface area contributed by atoms with E-state index in [1.54, 1.807) is 0 Å². The average molecular weight is 222 g/mol. The minimum Gasteiger partial charge on any atom is -0.379 e. The highest BCUT2D eigenvalue weighted by Gasteiger charge is 2.17. The molecular weight excluding hydrogens is 204 g/mol. The van der Waals surface area contributed by atoms with Crippen molar-refractivity contribution in [2.45, 2.75) is 24.3 Å². The van der Waals surface area contributed by atoms with Crippen LogP contribution >= 0.6 is 11.8 Å². The normalized spacial score (nSPS) is 19.5. The number of nitrogens with one attached hydrogen (secondary N) is 2. The fourth-order valence-corrected chi connectivity index (χ4v) is 2.93. The molecule has 1 aliphatic rings. The van der Waals surface area contributed by atoms with Gasteiger partial charge in [0.25, 0.3) is 0 Å². The summed E-state index contributed by atoms with van der Waals surface area (Å²) >= 11 is 1.96. The van der Waals surface area contributed by atoms with Gasteiger partial charge in [0.05, 0.1) is 0 Å². The summed E-state index contributed by atoms with van der Waals surface area (Å²) in [6, 6.07) is 7.29. The maximum absolute atomic E-state index is 3.57. The Balaban J connectivity index is 2.13. The van der Waals surface area contributed by atoms with Crippen molar-refractivity contribution in [2.24, 2.45) is 0 Å². The first-order valence-electron chi connectivity index (χ1n) is 5.50. The van der Waals surface area contributed by atoms with E-state index >= 15 is 0 Å². The topological polar surface area (TPSA) is 24.1 Å². The molecule has 1 aromatic carbocycles. The Morgan fingerprint density at radius 2 is 2.40 bits per heavy atom. The molecule has 0 aromatic heterocycles. The minimum atomic E-state index is 0.556. The second kappa shape index (κ2) is 4.90. The van der Waals surface area contributed by atoms with Crippen LogP contribution in [0.1, 0.15) is 12.5 Å². The highest BCUT2D eigenvalue weighted by molar-refractivity contribution is 7.99. The van der Waals surface area contributed by atoms with Gasteiger partial charge in [0.1, 0.15) is 0 Å². The third-order valence-electron chi connectivity index (χ3n) is 2.70. The second-order valence-electron chi connectivity index (χ2n) is 3.89. The quantitative estimate of drug-likeness (QED) is 0.821. The molecule has 1 atom stereocenters. The van der Waals surface area contributed by atoms with Crippen LogP contribution in [0.5, 0.6) is 0 Å². The number of thioether (sulfide) groups is 1. The lowest BCUT2D eigenvalue weighted by molar-refractivity contribution is 0.702. The fourth-order valence-electron chi connectivity index (χ4n) is 1.83. The molecule has 82 valence electrons. The smallest absolute Gasteiger partial charge is 0.0481 e. The Morgan fingerprint density at radius 3 is 3.13 bits per heavy atom. The zero-order chi connectivity index (χ0) is 10.7. The number of hydrogen-bond donors (Lipinski definition) is 2. The molecule has 2 rings (SSSR count). The molecule has 0 amide bonds. The van der Waals surface area contributed by atoms with Gasteiger partial charge >= 0.3 is 0 Å². The monoisotopic (exact) mass is 222 g/mol. The number of rotatable bonds is 3. The Bertz CT molecular complexity index is 338. The van der Waals surface area contributed by atoms with Crippen molar-refractivity contribution in [3.05, 3.63) is 23.8 Å². The van der Waals surface area contributed by atoms with Gasteiger partial charge in [-0.05, 0) is 31.2 Å². The third kappa shape index (κ3) is 2.47. The van der Waals surface area contributed by atoms with Crippen molar-refractivity contribution in [3.8, 4) is 0 Å². The lowest BCUT2D eigenvalue weighted by Crippen LogP contribution is -2.35. The van der Waals surface area contributed by atoms with Crippen LogP contribution in [0.3, 0.4) is 0 Å². The van der Waals surface area contributed by atoms with Crippen molar-refractivity contribution in [2.75, 3.05) is 24.7 Å². The molecule has 0 saturated carbocycles. The fraction of sp³-hybridized carbons (Fsp3) is 0.500. The Kier molecular flexibility index (Phi) is 3.54. The number of fused-ring (bicyclic) bond motifs is 1. The summed E-state index contributed by atoms with van der Waals surface area (Å²) in [6.07, 6.45) is 1.12. The van der Waals surface area contributed by atoms with Gasteiger partial charge in [0.15, 0.2) is 0 Å². The standard InChI is InChI=1S/C12H18N2S/c1-3-9-4-5-11-12(6-9)15-8-10(14-11)7-13-2/h4-6,10,13-14H,3,7-8H2,1-2H3. The van der Waals surface area contributed by atoms with Crippen LogP contribution in [0.4, 0.5) is 5.69 Å². The first kappa shape index (κ1) is 10.8. The van der Waals surface area contributed by atoms with Crippen molar-refractivity contribution >= 4 is 17.4 Å². The summed E-state index contributed by atoms with van der Waals surface area (Å²) in [5.41, 5.74) is 2.72. The van der Waals surface area contributed by atoms with Crippen LogP contribution in [0.25, 0.3) is 0 Å². The van der Waals surface area contributed by atoms with Crippen molar-refractivity contribution in [1.29, 1.82) is 0 Å². The van der Waals surface area contributed by atoms with Crippen LogP contribution in [-0.2, 0) is 6.42 Å². The molecule has 3 heteroatoms. The maximum atomic E-state index is 3.57. The first-order valence-corrected chi connectivity index (χ1v) is 6.49. The van der Waals surface area contributed by atoms with Crippen LogP contribution in [-0.4, -0.2) is 25.4 Å². The van der Waals surface area contributed by atoms with E-state index in [0.717, 1.165) is 18.7 Å². The van der Waals surface area contributed by atoms with E-state index in [9.17, 15) is 0 Å². The number of anilines is 1. The van der Waals surface area contributed by atoms with E-state index in [1.807, 2.05) is 18.8 Å². The highest BCUT2D eigenvalue weighted by atomic mass is 32.2. The molecule has 2 nitrogen and oxygen atoms in total. The molecule has 0 fully saturated rings. The van der Waals surface area contributed by atoms with Gasteiger partial charge in [0.2, 0.25) is 0 Å². The number of likely N-dealkylation sites (N-methyl/N-ethyl adjacent to an activating group) is 1. The molecule has 1 aliphatic heterocycles. The van der Waals surface area contributed by atoms with Crippen molar-refractivity contribution < 1.29 is 0 Å². The molecule has 1 aromatic rings. The summed E-state index contributed by atoms with van der Waals surface area (Å²) < 4.78 is 0. The molecule has 1 unspecified atom stereocenters. The van der Waals surface area contributed by atoms with Crippen molar-refractivity contribution in [1.82, 2.24) is 5.32 Å². The zero-order valence-corrected chi connectivity index (χ0v) is 10.2. The molecule has 0 saturated heterocycles. The van der Waals surface area contributed by atoms with Gasteiger partial charge in [-0.1, -0.05) is 13.0 Å². The van der Waals surface area contributed by atoms with Gasteiger partial charge in [-0.25, -0.2) is 0 Å². The van der Waals surface area contributed by atoms with Gasteiger partial charge < -0.3 is 10.6 Å². The zero-order valence-electron chi connectivity index (χ0n) is 9.34. The van der Waals surface area contributed by atoms with Gasteiger partial charge in [-0.3, -0.25) is 0 Å². The molecule has 15 heavy (non-hydrogen) atoms. The number of aryl methyl sites for hydroxylation is 1. The van der Waals surface area contributed by atoms with Crippen LogP contribution in [0, 0.1) is 0 Å². The van der Waals surface area contributed by atoms with Crippen molar-refractivity contribution in [3.63, 3.8) is 0 Å². The summed E-state index contributed by atoms with van der Waals surface area (Å²) in [6.45, 7) is 3.23. The van der Waals surface area contributed by atoms with Crippen LogP contribution < -0.4 is 10.6 Å². The Morgan fingerprint density at radius 1 is 1.53 bits per heavy atom. The minimum absolute atomic E-state index is 0.556. The summed E-state index contributed by atoms with van der Waals surface area (Å²) in [7, 11) is 2.00. The van der Waals surface area contributed by atoms with Gasteiger partial charge in [-0.2, -0.15) is 0 Å². The largest absolute Gasteiger partial charge is 0.379 e. The first-order chi connectivity index (χ1) is 7.33. The van der Waals surface area contributed by atoms with E-state index in [0.29, 0.717) is 6.04 Å². The second-order valence-corrected chi connectivity index (χ2v) is 4.96. The Hall–Kier alpha value is -0.670. The van der Waals surface area contributed by atoms with E-state index < -0.39 is 0 Å². The number of hydrogen-bond acceptors (Lipinski definition) is 3. The van der Waals surface area contributed by atoms with E-state index in [1.165, 1.54) is 16.1 Å². The van der Waals surface area contributed by atoms with Crippen LogP contribution in [0.15, 0.2) is 23.1 Å². The van der Waals surface area contributed by atoms with Crippen LogP contribution in [0.2, 0.25) is 0 Å².